The van der Waals surface area contributed by atoms with Crippen LogP contribution in [0.2, 0.25) is 0 Å². The van der Waals surface area contributed by atoms with Gasteiger partial charge in [0.05, 0.1) is 5.69 Å². The number of phenols is 1. The van der Waals surface area contributed by atoms with Gasteiger partial charge < -0.3 is 10.2 Å². The summed E-state index contributed by atoms with van der Waals surface area (Å²) in [5, 5.41) is 19.6. The van der Waals surface area contributed by atoms with Crippen LogP contribution >= 0.6 is 0 Å². The van der Waals surface area contributed by atoms with Crippen molar-refractivity contribution in [3.63, 3.8) is 0 Å². The minimum atomic E-state index is -0.234. The second kappa shape index (κ2) is 5.64. The van der Waals surface area contributed by atoms with Gasteiger partial charge >= 0.3 is 0 Å². The van der Waals surface area contributed by atoms with E-state index in [1.54, 1.807) is 12.1 Å². The van der Waals surface area contributed by atoms with Gasteiger partial charge in [0.25, 0.3) is 0 Å². The van der Waals surface area contributed by atoms with Gasteiger partial charge in [-0.1, -0.05) is 46.8 Å². The van der Waals surface area contributed by atoms with Gasteiger partial charge in [0.15, 0.2) is 0 Å². The van der Waals surface area contributed by atoms with Gasteiger partial charge in [-0.2, -0.15) is 0 Å². The highest BCUT2D eigenvalue weighted by Crippen LogP contribution is 2.32. The van der Waals surface area contributed by atoms with Gasteiger partial charge in [0.1, 0.15) is 5.75 Å². The highest BCUT2D eigenvalue weighted by Gasteiger charge is 2.24. The molecule has 2 N–H and O–H groups in total. The third-order valence-electron chi connectivity index (χ3n) is 3.92. The number of aromatic nitrogens is 1. The zero-order valence-electron chi connectivity index (χ0n) is 14.0. The van der Waals surface area contributed by atoms with Crippen LogP contribution in [0.3, 0.4) is 0 Å². The van der Waals surface area contributed by atoms with Crippen LogP contribution in [0.4, 0.5) is 0 Å². The zero-order chi connectivity index (χ0) is 16.5. The van der Waals surface area contributed by atoms with Crippen LogP contribution in [0, 0.1) is 0 Å². The molecule has 0 aliphatic rings. The number of aromatic hydroxyl groups is 2. The number of hydrogen-bond acceptors (Lipinski definition) is 3. The molecule has 3 heteroatoms. The molecule has 1 aromatic heterocycles. The Kier molecular flexibility index (Phi) is 4.19. The van der Waals surface area contributed by atoms with Gasteiger partial charge in [-0.15, -0.1) is 0 Å². The van der Waals surface area contributed by atoms with Crippen LogP contribution in [0.5, 0.6) is 11.6 Å². The Bertz CT molecular complexity index is 669. The molecule has 2 rings (SSSR count). The number of phenolic OH excluding ortho intramolecular Hbond substituents is 1. The van der Waals surface area contributed by atoms with Gasteiger partial charge in [-0.3, -0.25) is 0 Å². The Balaban J connectivity index is 2.35. The van der Waals surface area contributed by atoms with Crippen LogP contribution in [0.1, 0.15) is 51.4 Å². The molecule has 0 fully saturated rings. The maximum absolute atomic E-state index is 10.0. The van der Waals surface area contributed by atoms with E-state index in [2.05, 4.69) is 45.7 Å². The topological polar surface area (TPSA) is 53.4 Å². The summed E-state index contributed by atoms with van der Waals surface area (Å²) in [6, 6.07) is 11.1. The Morgan fingerprint density at radius 2 is 1.64 bits per heavy atom. The molecular weight excluding hydrogens is 274 g/mol. The molecule has 0 unspecified atom stereocenters. The van der Waals surface area contributed by atoms with E-state index in [0.717, 1.165) is 23.2 Å². The number of pyridine rings is 1. The van der Waals surface area contributed by atoms with Crippen molar-refractivity contribution in [2.24, 2.45) is 0 Å². The highest BCUT2D eigenvalue weighted by atomic mass is 16.3. The fraction of sp³-hybridized carbons (Fsp3) is 0.421. The van der Waals surface area contributed by atoms with Gasteiger partial charge in [0, 0.05) is 11.5 Å². The summed E-state index contributed by atoms with van der Waals surface area (Å²) in [7, 11) is 0. The molecule has 0 bridgehead atoms. The van der Waals surface area contributed by atoms with E-state index in [1.165, 1.54) is 0 Å². The molecule has 0 amide bonds. The maximum Gasteiger partial charge on any atom is 0.210 e. The zero-order valence-corrected chi connectivity index (χ0v) is 14.0. The maximum atomic E-state index is 10.0. The average molecular weight is 299 g/mol. The van der Waals surface area contributed by atoms with Crippen LogP contribution in [0.15, 0.2) is 36.4 Å². The fourth-order valence-electron chi connectivity index (χ4n) is 2.61. The van der Waals surface area contributed by atoms with E-state index in [1.807, 2.05) is 18.2 Å². The first-order valence-electron chi connectivity index (χ1n) is 7.58. The van der Waals surface area contributed by atoms with E-state index < -0.39 is 0 Å². The first-order valence-corrected chi connectivity index (χ1v) is 7.58. The Hall–Kier alpha value is -2.03. The molecule has 0 aliphatic heterocycles. The predicted octanol–water partition coefficient (Wildman–Crippen LogP) is 4.31. The fourth-order valence-corrected chi connectivity index (χ4v) is 2.61. The second-order valence-electron chi connectivity index (χ2n) is 7.58. The molecule has 22 heavy (non-hydrogen) atoms. The van der Waals surface area contributed by atoms with E-state index in [-0.39, 0.29) is 16.7 Å². The smallest absolute Gasteiger partial charge is 0.210 e. The first-order chi connectivity index (χ1) is 10.1. The third-order valence-corrected chi connectivity index (χ3v) is 3.92. The number of rotatable bonds is 3. The summed E-state index contributed by atoms with van der Waals surface area (Å²) >= 11 is 0. The Morgan fingerprint density at radius 1 is 0.955 bits per heavy atom. The monoisotopic (exact) mass is 299 g/mol. The molecule has 2 aromatic rings. The lowest BCUT2D eigenvalue weighted by molar-refractivity contribution is 0.433. The summed E-state index contributed by atoms with van der Waals surface area (Å²) in [5.74, 6) is 0.332. The lowest BCUT2D eigenvalue weighted by atomic mass is 9.80. The molecule has 0 saturated heterocycles. The summed E-state index contributed by atoms with van der Waals surface area (Å²) in [6.45, 7) is 10.6. The minimum absolute atomic E-state index is 0.0130. The summed E-state index contributed by atoms with van der Waals surface area (Å²) < 4.78 is 0. The van der Waals surface area contributed by atoms with E-state index in [4.69, 9.17) is 0 Å². The van der Waals surface area contributed by atoms with Crippen molar-refractivity contribution in [1.29, 1.82) is 0 Å². The van der Waals surface area contributed by atoms with Crippen molar-refractivity contribution in [2.45, 2.75) is 51.9 Å². The molecule has 3 nitrogen and oxygen atoms in total. The molecule has 0 atom stereocenters. The minimum Gasteiger partial charge on any atom is -0.508 e. The molecule has 0 radical (unpaired) electrons. The second-order valence-corrected chi connectivity index (χ2v) is 7.58. The number of hydrogen-bond donors (Lipinski definition) is 2. The highest BCUT2D eigenvalue weighted by molar-refractivity contribution is 5.38. The van der Waals surface area contributed by atoms with Gasteiger partial charge in [0.2, 0.25) is 5.88 Å². The normalized spacial score (nSPS) is 12.4. The molecule has 1 aromatic carbocycles. The van der Waals surface area contributed by atoms with Gasteiger partial charge in [-0.25, -0.2) is 4.98 Å². The van der Waals surface area contributed by atoms with Crippen LogP contribution in [-0.4, -0.2) is 15.2 Å². The van der Waals surface area contributed by atoms with Crippen molar-refractivity contribution in [3.8, 4) is 11.6 Å². The van der Waals surface area contributed by atoms with E-state index in [0.29, 0.717) is 5.75 Å². The van der Waals surface area contributed by atoms with Crippen molar-refractivity contribution in [3.05, 3.63) is 53.2 Å². The van der Waals surface area contributed by atoms with Crippen LogP contribution in [0.25, 0.3) is 0 Å². The third kappa shape index (κ3) is 3.79. The van der Waals surface area contributed by atoms with E-state index in [9.17, 15) is 10.2 Å². The summed E-state index contributed by atoms with van der Waals surface area (Å²) in [6.07, 6.45) is 0.737. The van der Waals surface area contributed by atoms with Gasteiger partial charge in [-0.05, 0) is 41.2 Å². The average Bonchev–Trinajstić information content (AvgIpc) is 2.36. The van der Waals surface area contributed by atoms with Crippen LogP contribution in [-0.2, 0) is 17.3 Å². The molecule has 0 saturated carbocycles. The van der Waals surface area contributed by atoms with Crippen molar-refractivity contribution in [2.75, 3.05) is 0 Å². The lowest BCUT2D eigenvalue weighted by Crippen LogP contribution is -2.22. The molecule has 0 aliphatic carbocycles. The van der Waals surface area contributed by atoms with Crippen LogP contribution < -0.4 is 0 Å². The lowest BCUT2D eigenvalue weighted by Gasteiger charge is -2.26. The quantitative estimate of drug-likeness (QED) is 0.888. The molecular formula is C19H25NO2. The number of nitrogens with zero attached hydrogens (tertiary/aromatic N) is 1. The van der Waals surface area contributed by atoms with E-state index >= 15 is 0 Å². The molecule has 1 heterocycles. The Labute approximate surface area is 132 Å². The van der Waals surface area contributed by atoms with Crippen molar-refractivity contribution < 1.29 is 10.2 Å². The van der Waals surface area contributed by atoms with Crippen molar-refractivity contribution in [1.82, 2.24) is 4.98 Å². The SMILES string of the molecule is CC(C)(C)c1cc(O)cc(CC(C)(C)c2cccc(O)n2)c1. The Morgan fingerprint density at radius 3 is 2.23 bits per heavy atom. The first kappa shape index (κ1) is 16.3. The van der Waals surface area contributed by atoms with Crippen molar-refractivity contribution >= 4 is 0 Å². The summed E-state index contributed by atoms with van der Waals surface area (Å²) in [5.41, 5.74) is 2.78. The molecule has 118 valence electrons. The summed E-state index contributed by atoms with van der Waals surface area (Å²) in [4.78, 5) is 4.23. The predicted molar refractivity (Wildman–Crippen MR) is 89.4 cm³/mol. The molecule has 0 spiro atoms. The largest absolute Gasteiger partial charge is 0.508 e. The standard InChI is InChI=1S/C19H25NO2/c1-18(2,3)14-9-13(10-15(21)11-14)12-19(4,5)16-7-6-8-17(22)20-16/h6-11,21H,12H2,1-5H3,(H,20,22). The number of benzene rings is 1.